The Bertz CT molecular complexity index is 781. The molecule has 1 aliphatic rings. The van der Waals surface area contributed by atoms with Crippen LogP contribution in [0.5, 0.6) is 0 Å². The first-order valence-corrected chi connectivity index (χ1v) is 9.96. The topological polar surface area (TPSA) is 89.9 Å². The van der Waals surface area contributed by atoms with Crippen molar-refractivity contribution in [3.8, 4) is 0 Å². The van der Waals surface area contributed by atoms with Crippen LogP contribution >= 0.6 is 27.5 Å². The van der Waals surface area contributed by atoms with Crippen molar-refractivity contribution < 1.29 is 19.8 Å². The van der Waals surface area contributed by atoms with Crippen LogP contribution in [0.15, 0.2) is 53.0 Å². The molecule has 0 aromatic heterocycles. The highest BCUT2D eigenvalue weighted by atomic mass is 79.9. The lowest BCUT2D eigenvalue weighted by atomic mass is 10.0. The van der Waals surface area contributed by atoms with Crippen molar-refractivity contribution in [2.45, 2.75) is 25.4 Å². The first-order valence-electron chi connectivity index (χ1n) is 8.79. The fourth-order valence-electron chi connectivity index (χ4n) is 2.88. The lowest BCUT2D eigenvalue weighted by Crippen LogP contribution is -2.38. The minimum atomic E-state index is -1.82. The Hall–Kier alpha value is -2.09. The van der Waals surface area contributed by atoms with Crippen LogP contribution in [0.3, 0.4) is 0 Å². The predicted molar refractivity (Wildman–Crippen MR) is 113 cm³/mol. The van der Waals surface area contributed by atoms with Gasteiger partial charge in [0.2, 0.25) is 0 Å². The number of benzene rings is 2. The number of halogens is 2. The lowest BCUT2D eigenvalue weighted by Gasteiger charge is -2.33. The third-order valence-electron chi connectivity index (χ3n) is 4.34. The Morgan fingerprint density at radius 3 is 2.14 bits per heavy atom. The van der Waals surface area contributed by atoms with Crippen molar-refractivity contribution in [3.63, 3.8) is 0 Å². The van der Waals surface area contributed by atoms with Gasteiger partial charge in [-0.15, -0.1) is 0 Å². The van der Waals surface area contributed by atoms with Crippen LogP contribution in [0, 0.1) is 0 Å². The molecule has 0 atom stereocenters. The Kier molecular flexibility index (Phi) is 8.76. The molecule has 3 N–H and O–H groups in total. The van der Waals surface area contributed by atoms with Crippen LogP contribution in [0.2, 0.25) is 5.02 Å². The normalized spacial score (nSPS) is 14.6. The Labute approximate surface area is 177 Å². The summed E-state index contributed by atoms with van der Waals surface area (Å²) in [6, 6.07) is 17.1. The van der Waals surface area contributed by atoms with Crippen LogP contribution in [-0.4, -0.2) is 46.2 Å². The number of piperidine rings is 1. The van der Waals surface area contributed by atoms with Gasteiger partial charge in [0.15, 0.2) is 0 Å². The zero-order valence-electron chi connectivity index (χ0n) is 15.1. The third-order valence-corrected chi connectivity index (χ3v) is 5.23. The molecule has 0 spiro atoms. The molecule has 1 aliphatic heterocycles. The SMILES string of the molecule is Clc1ccccc1CN1CCC(Nc2ccc(Br)cc2)CC1.O=C(O)C(=O)O. The molecule has 2 aromatic rings. The van der Waals surface area contributed by atoms with Gasteiger partial charge in [-0.3, -0.25) is 4.90 Å². The third kappa shape index (κ3) is 7.50. The monoisotopic (exact) mass is 468 g/mol. The molecule has 6 nitrogen and oxygen atoms in total. The smallest absolute Gasteiger partial charge is 0.414 e. The Morgan fingerprint density at radius 1 is 1.04 bits per heavy atom. The number of carboxylic acid groups (broad SMARTS) is 2. The summed E-state index contributed by atoms with van der Waals surface area (Å²) in [6.07, 6.45) is 2.33. The lowest BCUT2D eigenvalue weighted by molar-refractivity contribution is -0.159. The van der Waals surface area contributed by atoms with Crippen molar-refractivity contribution in [1.82, 2.24) is 4.90 Å². The van der Waals surface area contributed by atoms with Gasteiger partial charge in [0.1, 0.15) is 0 Å². The van der Waals surface area contributed by atoms with Crippen LogP contribution in [-0.2, 0) is 16.1 Å². The second-order valence-corrected chi connectivity index (χ2v) is 7.73. The maximum atomic E-state index is 9.10. The van der Waals surface area contributed by atoms with Gasteiger partial charge in [0, 0.05) is 40.9 Å². The summed E-state index contributed by atoms with van der Waals surface area (Å²) >= 11 is 9.72. The minimum absolute atomic E-state index is 0.559. The van der Waals surface area contributed by atoms with E-state index >= 15 is 0 Å². The molecule has 0 radical (unpaired) electrons. The Morgan fingerprint density at radius 2 is 1.61 bits per heavy atom. The molecule has 1 fully saturated rings. The average Bonchev–Trinajstić information content (AvgIpc) is 2.67. The summed E-state index contributed by atoms with van der Waals surface area (Å²) in [4.78, 5) is 20.7. The summed E-state index contributed by atoms with van der Waals surface area (Å²) in [5, 5.41) is 19.3. The van der Waals surface area contributed by atoms with Gasteiger partial charge in [-0.25, -0.2) is 9.59 Å². The molecule has 2 aromatic carbocycles. The number of anilines is 1. The fourth-order valence-corrected chi connectivity index (χ4v) is 3.34. The predicted octanol–water partition coefficient (Wildman–Crippen LogP) is 4.33. The fraction of sp³-hybridized carbons (Fsp3) is 0.300. The van der Waals surface area contributed by atoms with Crippen LogP contribution in [0.4, 0.5) is 5.69 Å². The highest BCUT2D eigenvalue weighted by Crippen LogP contribution is 2.22. The zero-order chi connectivity index (χ0) is 20.5. The van der Waals surface area contributed by atoms with Crippen LogP contribution < -0.4 is 5.32 Å². The first-order chi connectivity index (χ1) is 13.3. The summed E-state index contributed by atoms with van der Waals surface area (Å²) in [7, 11) is 0. The maximum Gasteiger partial charge on any atom is 0.414 e. The van der Waals surface area contributed by atoms with Crippen molar-refractivity contribution in [2.75, 3.05) is 18.4 Å². The highest BCUT2D eigenvalue weighted by molar-refractivity contribution is 9.10. The summed E-state index contributed by atoms with van der Waals surface area (Å²) in [5.74, 6) is -3.65. The number of carbonyl (C=O) groups is 2. The van der Waals surface area contributed by atoms with Gasteiger partial charge in [0.25, 0.3) is 0 Å². The molecule has 1 heterocycles. The molecule has 0 saturated carbocycles. The number of hydrogen-bond acceptors (Lipinski definition) is 4. The maximum absolute atomic E-state index is 9.10. The molecule has 0 amide bonds. The zero-order valence-corrected chi connectivity index (χ0v) is 17.5. The summed E-state index contributed by atoms with van der Waals surface area (Å²) < 4.78 is 1.12. The standard InChI is InChI=1S/C18H20BrClN2.C2H2O4/c19-15-5-7-16(8-6-15)21-17-9-11-22(12-10-17)13-14-3-1-2-4-18(14)20;3-1(4)2(5)6/h1-8,17,21H,9-13H2;(H,3,4)(H,5,6). The molecule has 3 rings (SSSR count). The Balaban J connectivity index is 0.000000409. The van der Waals surface area contributed by atoms with Gasteiger partial charge in [-0.1, -0.05) is 45.7 Å². The molecule has 0 aliphatic carbocycles. The number of nitrogens with one attached hydrogen (secondary N) is 1. The molecule has 1 saturated heterocycles. The quantitative estimate of drug-likeness (QED) is 0.577. The molecule has 150 valence electrons. The van der Waals surface area contributed by atoms with E-state index < -0.39 is 11.9 Å². The number of likely N-dealkylation sites (tertiary alicyclic amines) is 1. The molecule has 0 bridgehead atoms. The number of rotatable bonds is 4. The van der Waals surface area contributed by atoms with Gasteiger partial charge in [0.05, 0.1) is 0 Å². The number of hydrogen-bond donors (Lipinski definition) is 3. The van der Waals surface area contributed by atoms with Crippen molar-refractivity contribution in [3.05, 3.63) is 63.6 Å². The number of aliphatic carboxylic acids is 2. The van der Waals surface area contributed by atoms with E-state index in [4.69, 9.17) is 31.4 Å². The van der Waals surface area contributed by atoms with Crippen LogP contribution in [0.25, 0.3) is 0 Å². The second kappa shape index (κ2) is 11.0. The van der Waals surface area contributed by atoms with Gasteiger partial charge < -0.3 is 15.5 Å². The van der Waals surface area contributed by atoms with E-state index in [0.29, 0.717) is 6.04 Å². The van der Waals surface area contributed by atoms with Crippen molar-refractivity contribution in [2.24, 2.45) is 0 Å². The van der Waals surface area contributed by atoms with Crippen molar-refractivity contribution in [1.29, 1.82) is 0 Å². The highest BCUT2D eigenvalue weighted by Gasteiger charge is 2.19. The van der Waals surface area contributed by atoms with Crippen molar-refractivity contribution >= 4 is 45.2 Å². The van der Waals surface area contributed by atoms with E-state index in [9.17, 15) is 0 Å². The minimum Gasteiger partial charge on any atom is -0.473 e. The van der Waals surface area contributed by atoms with Gasteiger partial charge in [-0.2, -0.15) is 0 Å². The van der Waals surface area contributed by atoms with Gasteiger partial charge in [-0.05, 0) is 48.7 Å². The summed E-state index contributed by atoms with van der Waals surface area (Å²) in [5.41, 5.74) is 2.43. The van der Waals surface area contributed by atoms with E-state index in [2.05, 4.69) is 62.5 Å². The van der Waals surface area contributed by atoms with E-state index in [1.165, 1.54) is 24.1 Å². The molecule has 8 heteroatoms. The van der Waals surface area contributed by atoms with E-state index in [1.54, 1.807) is 0 Å². The van der Waals surface area contributed by atoms with Crippen LogP contribution in [0.1, 0.15) is 18.4 Å². The largest absolute Gasteiger partial charge is 0.473 e. The first kappa shape index (κ1) is 22.2. The number of carboxylic acids is 2. The number of nitrogens with zero attached hydrogens (tertiary/aromatic N) is 1. The molecule has 28 heavy (non-hydrogen) atoms. The van der Waals surface area contributed by atoms with E-state index in [-0.39, 0.29) is 0 Å². The summed E-state index contributed by atoms with van der Waals surface area (Å²) in [6.45, 7) is 3.17. The molecule has 0 unspecified atom stereocenters. The second-order valence-electron chi connectivity index (χ2n) is 6.40. The molecular formula is C20H22BrClN2O4. The van der Waals surface area contributed by atoms with Gasteiger partial charge >= 0.3 is 11.9 Å². The molecular weight excluding hydrogens is 448 g/mol. The average molecular weight is 470 g/mol. The van der Waals surface area contributed by atoms with E-state index in [0.717, 1.165) is 29.1 Å². The van der Waals surface area contributed by atoms with E-state index in [1.807, 2.05) is 12.1 Å².